The van der Waals surface area contributed by atoms with Crippen molar-refractivity contribution in [3.05, 3.63) is 0 Å². The Morgan fingerprint density at radius 2 is 1.92 bits per heavy atom. The van der Waals surface area contributed by atoms with Crippen LogP contribution in [0, 0.1) is 5.41 Å². The molecular weight excluding hydrogens is 156 g/mol. The molecule has 0 aliphatic carbocycles. The number of hydroxylamine groups is 2. The third-order valence-corrected chi connectivity index (χ3v) is 1.70. The standard InChI is InChI=1S/C8H17N2O2/c1-8(2,3)6(9)7(11)10(4)12-5/h6,9H,1-5H3. The Morgan fingerprint density at radius 1 is 1.50 bits per heavy atom. The predicted molar refractivity (Wildman–Crippen MR) is 46.1 cm³/mol. The molecule has 0 heterocycles. The molecule has 4 heteroatoms. The van der Waals surface area contributed by atoms with Gasteiger partial charge in [0.05, 0.1) is 7.11 Å². The molecule has 1 radical (unpaired) electrons. The van der Waals surface area contributed by atoms with Crippen LogP contribution in [-0.2, 0) is 9.63 Å². The third kappa shape index (κ3) is 2.79. The number of carbonyl (C=O) groups is 1. The van der Waals surface area contributed by atoms with Gasteiger partial charge >= 0.3 is 0 Å². The minimum absolute atomic E-state index is 0.315. The molecule has 4 nitrogen and oxygen atoms in total. The summed E-state index contributed by atoms with van der Waals surface area (Å²) >= 11 is 0. The first-order chi connectivity index (χ1) is 5.30. The van der Waals surface area contributed by atoms with Crippen LogP contribution < -0.4 is 5.73 Å². The van der Waals surface area contributed by atoms with Crippen molar-refractivity contribution in [3.63, 3.8) is 0 Å². The van der Waals surface area contributed by atoms with E-state index >= 15 is 0 Å². The van der Waals surface area contributed by atoms with Gasteiger partial charge in [-0.25, -0.2) is 10.8 Å². The summed E-state index contributed by atoms with van der Waals surface area (Å²) < 4.78 is 0. The topological polar surface area (TPSA) is 53.3 Å². The molecular formula is C8H17N2O2. The molecule has 0 fully saturated rings. The van der Waals surface area contributed by atoms with Crippen molar-refractivity contribution >= 4 is 5.91 Å². The fourth-order valence-electron chi connectivity index (χ4n) is 0.642. The second-order valence-corrected chi connectivity index (χ2v) is 3.82. The zero-order chi connectivity index (χ0) is 9.94. The van der Waals surface area contributed by atoms with E-state index in [0.717, 1.165) is 5.06 Å². The molecule has 71 valence electrons. The maximum absolute atomic E-state index is 11.3. The summed E-state index contributed by atoms with van der Waals surface area (Å²) in [5, 5.41) is 1.09. The maximum atomic E-state index is 11.3. The highest BCUT2D eigenvalue weighted by Gasteiger charge is 2.30. The highest BCUT2D eigenvalue weighted by molar-refractivity contribution is 5.81. The number of rotatable bonds is 2. The van der Waals surface area contributed by atoms with Gasteiger partial charge in [-0.3, -0.25) is 9.63 Å². The maximum Gasteiger partial charge on any atom is 0.264 e. The van der Waals surface area contributed by atoms with Crippen molar-refractivity contribution in [2.45, 2.75) is 26.8 Å². The van der Waals surface area contributed by atoms with Crippen LogP contribution in [-0.4, -0.2) is 31.2 Å². The van der Waals surface area contributed by atoms with Crippen molar-refractivity contribution in [1.29, 1.82) is 0 Å². The van der Waals surface area contributed by atoms with Crippen LogP contribution in [0.4, 0.5) is 0 Å². The van der Waals surface area contributed by atoms with E-state index in [0.29, 0.717) is 0 Å². The molecule has 0 aliphatic heterocycles. The SMILES string of the molecule is CON(C)C(=O)C([NH])C(C)(C)C. The summed E-state index contributed by atoms with van der Waals surface area (Å²) in [5.41, 5.74) is 7.25. The number of carbonyl (C=O) groups excluding carboxylic acids is 1. The van der Waals surface area contributed by atoms with Crippen LogP contribution in [0.2, 0.25) is 0 Å². The molecule has 0 saturated heterocycles. The summed E-state index contributed by atoms with van der Waals surface area (Å²) in [7, 11) is 2.92. The number of nitrogens with zero attached hydrogens (tertiary/aromatic N) is 1. The van der Waals surface area contributed by atoms with E-state index in [-0.39, 0.29) is 11.3 Å². The van der Waals surface area contributed by atoms with Crippen molar-refractivity contribution in [2.75, 3.05) is 14.2 Å². The molecule has 1 unspecified atom stereocenters. The van der Waals surface area contributed by atoms with Gasteiger partial charge in [0.2, 0.25) is 0 Å². The second kappa shape index (κ2) is 3.87. The molecule has 0 bridgehead atoms. The quantitative estimate of drug-likeness (QED) is 0.577. The predicted octanol–water partition coefficient (Wildman–Crippen LogP) is 0.704. The highest BCUT2D eigenvalue weighted by atomic mass is 16.7. The summed E-state index contributed by atoms with van der Waals surface area (Å²) in [6.45, 7) is 5.56. The van der Waals surface area contributed by atoms with Crippen molar-refractivity contribution in [2.24, 2.45) is 5.41 Å². The minimum Gasteiger partial charge on any atom is -0.275 e. The average Bonchev–Trinajstić information content (AvgIpc) is 1.98. The number of amides is 1. The smallest absolute Gasteiger partial charge is 0.264 e. The number of hydrogen-bond donors (Lipinski definition) is 0. The van der Waals surface area contributed by atoms with Gasteiger partial charge in [-0.2, -0.15) is 0 Å². The Bertz CT molecular complexity index is 163. The lowest BCUT2D eigenvalue weighted by molar-refractivity contribution is -0.172. The fraction of sp³-hybridized carbons (Fsp3) is 0.875. The van der Waals surface area contributed by atoms with E-state index in [9.17, 15) is 4.79 Å². The van der Waals surface area contributed by atoms with E-state index < -0.39 is 6.04 Å². The van der Waals surface area contributed by atoms with Gasteiger partial charge in [-0.1, -0.05) is 20.8 Å². The molecule has 0 spiro atoms. The Labute approximate surface area is 73.6 Å². The zero-order valence-corrected chi connectivity index (χ0v) is 8.34. The second-order valence-electron chi connectivity index (χ2n) is 3.82. The van der Waals surface area contributed by atoms with Crippen LogP contribution in [0.5, 0.6) is 0 Å². The fourth-order valence-corrected chi connectivity index (χ4v) is 0.642. The molecule has 0 aromatic rings. The van der Waals surface area contributed by atoms with Gasteiger partial charge in [-0.05, 0) is 5.41 Å². The Morgan fingerprint density at radius 3 is 2.17 bits per heavy atom. The zero-order valence-electron chi connectivity index (χ0n) is 8.34. The summed E-state index contributed by atoms with van der Waals surface area (Å²) in [6.07, 6.45) is 0. The average molecular weight is 173 g/mol. The van der Waals surface area contributed by atoms with Crippen LogP contribution in [0.25, 0.3) is 0 Å². The van der Waals surface area contributed by atoms with Crippen LogP contribution >= 0.6 is 0 Å². The normalized spacial score (nSPS) is 14.2. The summed E-state index contributed by atoms with van der Waals surface area (Å²) in [5.74, 6) is -0.315. The van der Waals surface area contributed by atoms with E-state index in [1.54, 1.807) is 0 Å². The molecule has 1 atom stereocenters. The lowest BCUT2D eigenvalue weighted by atomic mass is 9.87. The minimum atomic E-state index is -0.776. The van der Waals surface area contributed by atoms with E-state index in [4.69, 9.17) is 10.6 Å². The number of hydrogen-bond acceptors (Lipinski definition) is 2. The van der Waals surface area contributed by atoms with Crippen LogP contribution in [0.3, 0.4) is 0 Å². The molecule has 1 amide bonds. The number of likely N-dealkylation sites (N-methyl/N-ethyl adjacent to an activating group) is 1. The van der Waals surface area contributed by atoms with Gasteiger partial charge in [0.25, 0.3) is 5.91 Å². The molecule has 0 aromatic heterocycles. The molecule has 0 saturated carbocycles. The third-order valence-electron chi connectivity index (χ3n) is 1.70. The van der Waals surface area contributed by atoms with Crippen molar-refractivity contribution in [3.8, 4) is 0 Å². The summed E-state index contributed by atoms with van der Waals surface area (Å²) in [4.78, 5) is 16.0. The van der Waals surface area contributed by atoms with Crippen LogP contribution in [0.15, 0.2) is 0 Å². The Hall–Kier alpha value is -0.610. The number of nitrogens with one attached hydrogen (secondary N) is 1. The molecule has 0 aromatic carbocycles. The highest BCUT2D eigenvalue weighted by Crippen LogP contribution is 2.19. The molecule has 1 N–H and O–H groups in total. The van der Waals surface area contributed by atoms with Gasteiger partial charge in [-0.15, -0.1) is 0 Å². The summed E-state index contributed by atoms with van der Waals surface area (Å²) in [6, 6.07) is -0.776. The molecule has 0 aliphatic rings. The van der Waals surface area contributed by atoms with Crippen LogP contribution in [0.1, 0.15) is 20.8 Å². The van der Waals surface area contributed by atoms with E-state index in [2.05, 4.69) is 0 Å². The van der Waals surface area contributed by atoms with Gasteiger partial charge in [0.1, 0.15) is 6.04 Å². The van der Waals surface area contributed by atoms with E-state index in [1.807, 2.05) is 20.8 Å². The first-order valence-electron chi connectivity index (χ1n) is 3.83. The lowest BCUT2D eigenvalue weighted by Crippen LogP contribution is -2.44. The van der Waals surface area contributed by atoms with Crippen molar-refractivity contribution in [1.82, 2.24) is 10.8 Å². The first-order valence-corrected chi connectivity index (χ1v) is 3.83. The van der Waals surface area contributed by atoms with Crippen molar-refractivity contribution < 1.29 is 9.63 Å². The lowest BCUT2D eigenvalue weighted by Gasteiger charge is -2.27. The van der Waals surface area contributed by atoms with Gasteiger partial charge < -0.3 is 0 Å². The van der Waals surface area contributed by atoms with Gasteiger partial charge in [0, 0.05) is 7.05 Å². The largest absolute Gasteiger partial charge is 0.275 e. The Kier molecular flexibility index (Phi) is 3.67. The molecule has 0 rings (SSSR count). The first kappa shape index (κ1) is 11.4. The molecule has 12 heavy (non-hydrogen) atoms. The monoisotopic (exact) mass is 173 g/mol. The Balaban J connectivity index is 4.30. The van der Waals surface area contributed by atoms with E-state index in [1.165, 1.54) is 14.2 Å². The van der Waals surface area contributed by atoms with Gasteiger partial charge in [0.15, 0.2) is 0 Å².